The molecule has 106 valence electrons. The van der Waals surface area contributed by atoms with Gasteiger partial charge in [-0.25, -0.2) is 0 Å². The molecule has 2 rings (SSSR count). The van der Waals surface area contributed by atoms with Crippen molar-refractivity contribution in [1.29, 1.82) is 0 Å². The van der Waals surface area contributed by atoms with Gasteiger partial charge in [0.15, 0.2) is 0 Å². The highest BCUT2D eigenvalue weighted by molar-refractivity contribution is 5.28. The average Bonchev–Trinajstić information content (AvgIpc) is 2.45. The van der Waals surface area contributed by atoms with Crippen LogP contribution in [0.5, 0.6) is 0 Å². The van der Waals surface area contributed by atoms with E-state index in [9.17, 15) is 0 Å². The van der Waals surface area contributed by atoms with Crippen LogP contribution in [0.15, 0.2) is 24.3 Å². The lowest BCUT2D eigenvalue weighted by atomic mass is 9.99. The summed E-state index contributed by atoms with van der Waals surface area (Å²) in [7, 11) is 0. The third kappa shape index (κ3) is 4.63. The van der Waals surface area contributed by atoms with Gasteiger partial charge < -0.3 is 5.32 Å². The lowest BCUT2D eigenvalue weighted by molar-refractivity contribution is 0.245. The predicted molar refractivity (Wildman–Crippen MR) is 82.4 cm³/mol. The van der Waals surface area contributed by atoms with Gasteiger partial charge >= 0.3 is 0 Å². The van der Waals surface area contributed by atoms with Crippen LogP contribution >= 0.6 is 0 Å². The van der Waals surface area contributed by atoms with Gasteiger partial charge in [0.1, 0.15) is 0 Å². The third-order valence-electron chi connectivity index (χ3n) is 4.06. The van der Waals surface area contributed by atoms with E-state index in [0.29, 0.717) is 6.04 Å². The maximum atomic E-state index is 3.57. The molecule has 1 N–H and O–H groups in total. The van der Waals surface area contributed by atoms with Gasteiger partial charge in [-0.3, -0.25) is 4.90 Å². The van der Waals surface area contributed by atoms with Crippen LogP contribution in [0.1, 0.15) is 44.2 Å². The quantitative estimate of drug-likeness (QED) is 0.810. The molecule has 1 unspecified atom stereocenters. The Hall–Kier alpha value is -0.860. The summed E-state index contributed by atoms with van der Waals surface area (Å²) in [6.45, 7) is 9.30. The van der Waals surface area contributed by atoms with E-state index in [1.807, 2.05) is 0 Å². The molecule has 1 heterocycles. The van der Waals surface area contributed by atoms with Crippen molar-refractivity contribution in [3.05, 3.63) is 35.4 Å². The molecular weight excluding hydrogens is 232 g/mol. The molecule has 0 saturated heterocycles. The first-order valence-corrected chi connectivity index (χ1v) is 7.82. The number of nitrogens with zero attached hydrogens (tertiary/aromatic N) is 1. The lowest BCUT2D eigenvalue weighted by Gasteiger charge is -2.29. The largest absolute Gasteiger partial charge is 0.314 e. The molecule has 1 aliphatic rings. The summed E-state index contributed by atoms with van der Waals surface area (Å²) in [5, 5.41) is 3.57. The van der Waals surface area contributed by atoms with E-state index in [0.717, 1.165) is 13.1 Å². The Morgan fingerprint density at radius 3 is 2.84 bits per heavy atom. The van der Waals surface area contributed by atoms with Gasteiger partial charge in [0.2, 0.25) is 0 Å². The molecule has 1 aliphatic heterocycles. The van der Waals surface area contributed by atoms with Crippen molar-refractivity contribution in [2.24, 2.45) is 0 Å². The maximum Gasteiger partial charge on any atom is 0.0236 e. The molecule has 19 heavy (non-hydrogen) atoms. The van der Waals surface area contributed by atoms with E-state index >= 15 is 0 Å². The predicted octanol–water partition coefficient (Wildman–Crippen LogP) is 3.21. The van der Waals surface area contributed by atoms with Gasteiger partial charge in [-0.1, -0.05) is 31.2 Å². The van der Waals surface area contributed by atoms with Crippen LogP contribution in [0, 0.1) is 0 Å². The minimum absolute atomic E-state index is 0.664. The smallest absolute Gasteiger partial charge is 0.0236 e. The van der Waals surface area contributed by atoms with Crippen molar-refractivity contribution >= 4 is 0 Å². The molecule has 0 aliphatic carbocycles. The first-order valence-electron chi connectivity index (χ1n) is 7.82. The number of fused-ring (bicyclic) bond motifs is 1. The average molecular weight is 260 g/mol. The normalized spacial score (nSPS) is 17.2. The Labute approximate surface area is 118 Å². The molecule has 0 fully saturated rings. The van der Waals surface area contributed by atoms with E-state index < -0.39 is 0 Å². The zero-order valence-electron chi connectivity index (χ0n) is 12.5. The Morgan fingerprint density at radius 2 is 2.05 bits per heavy atom. The van der Waals surface area contributed by atoms with E-state index in [-0.39, 0.29) is 0 Å². The van der Waals surface area contributed by atoms with Crippen molar-refractivity contribution < 1.29 is 0 Å². The molecule has 0 radical (unpaired) electrons. The SMILES string of the molecule is CCCNC(C)CCCN1CCc2ccccc2C1. The molecule has 0 aromatic heterocycles. The molecule has 0 spiro atoms. The van der Waals surface area contributed by atoms with Crippen molar-refractivity contribution in [3.8, 4) is 0 Å². The molecule has 0 bridgehead atoms. The summed E-state index contributed by atoms with van der Waals surface area (Å²) in [5.41, 5.74) is 3.09. The van der Waals surface area contributed by atoms with E-state index in [1.165, 1.54) is 44.3 Å². The third-order valence-corrected chi connectivity index (χ3v) is 4.06. The minimum atomic E-state index is 0.664. The highest BCUT2D eigenvalue weighted by Crippen LogP contribution is 2.18. The molecule has 0 amide bonds. The number of hydrogen-bond acceptors (Lipinski definition) is 2. The number of nitrogens with one attached hydrogen (secondary N) is 1. The summed E-state index contributed by atoms with van der Waals surface area (Å²) in [4.78, 5) is 2.61. The zero-order chi connectivity index (χ0) is 13.5. The topological polar surface area (TPSA) is 15.3 Å². The Balaban J connectivity index is 1.68. The molecule has 0 saturated carbocycles. The van der Waals surface area contributed by atoms with E-state index in [4.69, 9.17) is 0 Å². The van der Waals surface area contributed by atoms with Crippen LogP contribution < -0.4 is 5.32 Å². The molecule has 1 atom stereocenters. The van der Waals surface area contributed by atoms with Crippen LogP contribution in [-0.2, 0) is 13.0 Å². The van der Waals surface area contributed by atoms with Crippen LogP contribution in [0.3, 0.4) is 0 Å². The fourth-order valence-corrected chi connectivity index (χ4v) is 2.86. The molecule has 2 nitrogen and oxygen atoms in total. The zero-order valence-corrected chi connectivity index (χ0v) is 12.5. The first-order chi connectivity index (χ1) is 9.29. The highest BCUT2D eigenvalue weighted by Gasteiger charge is 2.15. The fourth-order valence-electron chi connectivity index (χ4n) is 2.86. The van der Waals surface area contributed by atoms with Gasteiger partial charge in [0.05, 0.1) is 0 Å². The second-order valence-corrected chi connectivity index (χ2v) is 5.79. The van der Waals surface area contributed by atoms with E-state index in [2.05, 4.69) is 48.3 Å². The highest BCUT2D eigenvalue weighted by atomic mass is 15.1. The van der Waals surface area contributed by atoms with Crippen molar-refractivity contribution in [2.75, 3.05) is 19.6 Å². The number of benzene rings is 1. The lowest BCUT2D eigenvalue weighted by Crippen LogP contribution is -2.33. The minimum Gasteiger partial charge on any atom is -0.314 e. The summed E-state index contributed by atoms with van der Waals surface area (Å²) in [6.07, 6.45) is 5.05. The maximum absolute atomic E-state index is 3.57. The van der Waals surface area contributed by atoms with Crippen LogP contribution in [0.25, 0.3) is 0 Å². The van der Waals surface area contributed by atoms with Gasteiger partial charge in [0, 0.05) is 19.1 Å². The molecule has 2 heteroatoms. The van der Waals surface area contributed by atoms with Gasteiger partial charge in [-0.05, 0) is 56.8 Å². The van der Waals surface area contributed by atoms with Crippen LogP contribution in [-0.4, -0.2) is 30.6 Å². The van der Waals surface area contributed by atoms with E-state index in [1.54, 1.807) is 5.56 Å². The van der Waals surface area contributed by atoms with Crippen LogP contribution in [0.2, 0.25) is 0 Å². The van der Waals surface area contributed by atoms with Crippen LogP contribution in [0.4, 0.5) is 0 Å². The summed E-state index contributed by atoms with van der Waals surface area (Å²) >= 11 is 0. The van der Waals surface area contributed by atoms with Crippen molar-refractivity contribution in [3.63, 3.8) is 0 Å². The monoisotopic (exact) mass is 260 g/mol. The molecular formula is C17H28N2. The van der Waals surface area contributed by atoms with Gasteiger partial charge in [-0.15, -0.1) is 0 Å². The number of rotatable bonds is 7. The second-order valence-electron chi connectivity index (χ2n) is 5.79. The van der Waals surface area contributed by atoms with Gasteiger partial charge in [-0.2, -0.15) is 0 Å². The van der Waals surface area contributed by atoms with Gasteiger partial charge in [0.25, 0.3) is 0 Å². The summed E-state index contributed by atoms with van der Waals surface area (Å²) in [5.74, 6) is 0. The Bertz CT molecular complexity index is 375. The fraction of sp³-hybridized carbons (Fsp3) is 0.647. The second kappa shape index (κ2) is 7.66. The molecule has 1 aromatic rings. The standard InChI is InChI=1S/C17H28N2/c1-3-11-18-15(2)7-6-12-19-13-10-16-8-4-5-9-17(16)14-19/h4-5,8-9,15,18H,3,6-7,10-14H2,1-2H3. The summed E-state index contributed by atoms with van der Waals surface area (Å²) in [6, 6.07) is 9.56. The first kappa shape index (κ1) is 14.5. The van der Waals surface area contributed by atoms with Crippen molar-refractivity contribution in [1.82, 2.24) is 10.2 Å². The molecule has 1 aromatic carbocycles. The number of hydrogen-bond donors (Lipinski definition) is 1. The summed E-state index contributed by atoms with van der Waals surface area (Å²) < 4.78 is 0. The Morgan fingerprint density at radius 1 is 1.26 bits per heavy atom. The van der Waals surface area contributed by atoms with Crippen molar-refractivity contribution in [2.45, 2.75) is 52.1 Å². The Kier molecular flexibility index (Phi) is 5.87.